The van der Waals surface area contributed by atoms with Gasteiger partial charge in [-0.2, -0.15) is 0 Å². The number of hydrogen-bond donors (Lipinski definition) is 2. The van der Waals surface area contributed by atoms with Crippen molar-refractivity contribution in [3.05, 3.63) is 42.5 Å². The molecule has 1 amide bonds. The maximum atomic E-state index is 12.7. The molecule has 0 radical (unpaired) electrons. The molecule has 0 bridgehead atoms. The Morgan fingerprint density at radius 1 is 0.966 bits per heavy atom. The van der Waals surface area contributed by atoms with Crippen molar-refractivity contribution in [3.8, 4) is 11.5 Å². The molecular formula is C21H26N2O5S. The fourth-order valence-corrected chi connectivity index (χ4v) is 3.91. The molecule has 0 saturated carbocycles. The topological polar surface area (TPSA) is 93.7 Å². The molecule has 0 spiro atoms. The molecule has 156 valence electrons. The lowest BCUT2D eigenvalue weighted by atomic mass is 9.92. The molecule has 0 atom stereocenters. The van der Waals surface area contributed by atoms with Gasteiger partial charge < -0.3 is 14.8 Å². The van der Waals surface area contributed by atoms with E-state index in [4.69, 9.17) is 9.47 Å². The number of ether oxygens (including phenoxy) is 2. The molecule has 2 aromatic carbocycles. The number of amides is 1. The average Bonchev–Trinajstić information content (AvgIpc) is 2.86. The first-order valence-corrected chi connectivity index (χ1v) is 10.9. The second-order valence-corrected chi connectivity index (χ2v) is 9.81. The molecule has 1 heterocycles. The second kappa shape index (κ2) is 8.32. The summed E-state index contributed by atoms with van der Waals surface area (Å²) in [5.41, 5.74) is 0.895. The van der Waals surface area contributed by atoms with E-state index in [2.05, 4.69) is 10.0 Å². The highest BCUT2D eigenvalue weighted by Crippen LogP contribution is 2.32. The van der Waals surface area contributed by atoms with E-state index in [1.54, 1.807) is 30.3 Å². The molecule has 1 aliphatic heterocycles. The molecule has 0 aliphatic carbocycles. The molecule has 8 heteroatoms. The molecule has 7 nitrogen and oxygen atoms in total. The van der Waals surface area contributed by atoms with Crippen LogP contribution in [0.25, 0.3) is 0 Å². The van der Waals surface area contributed by atoms with Gasteiger partial charge in [0.1, 0.15) is 0 Å². The van der Waals surface area contributed by atoms with E-state index in [9.17, 15) is 13.2 Å². The predicted octanol–water partition coefficient (Wildman–Crippen LogP) is 4.02. The predicted molar refractivity (Wildman–Crippen MR) is 112 cm³/mol. The van der Waals surface area contributed by atoms with Crippen LogP contribution in [-0.2, 0) is 14.8 Å². The van der Waals surface area contributed by atoms with E-state index in [0.29, 0.717) is 42.5 Å². The van der Waals surface area contributed by atoms with Crippen molar-refractivity contribution in [1.82, 2.24) is 0 Å². The number of hydrogen-bond acceptors (Lipinski definition) is 5. The highest BCUT2D eigenvalue weighted by atomic mass is 32.2. The standard InChI is InChI=1S/C21H26N2O5S/c1-21(2,3)14-20(24)22-15-5-7-16(8-6-15)23-29(25,26)17-9-10-18-19(13-17)28-12-4-11-27-18/h5-10,13,23H,4,11-12,14H2,1-3H3,(H,22,24). The van der Waals surface area contributed by atoms with Crippen LogP contribution in [0.4, 0.5) is 11.4 Å². The fourth-order valence-electron chi connectivity index (χ4n) is 2.83. The van der Waals surface area contributed by atoms with E-state index in [1.165, 1.54) is 12.1 Å². The zero-order valence-corrected chi connectivity index (χ0v) is 17.6. The van der Waals surface area contributed by atoms with Crippen molar-refractivity contribution >= 4 is 27.3 Å². The minimum absolute atomic E-state index is 0.0852. The molecule has 0 saturated heterocycles. The van der Waals surface area contributed by atoms with Gasteiger partial charge in [0.05, 0.1) is 18.1 Å². The summed E-state index contributed by atoms with van der Waals surface area (Å²) in [6.07, 6.45) is 1.14. The summed E-state index contributed by atoms with van der Waals surface area (Å²) in [5.74, 6) is 0.872. The molecule has 2 N–H and O–H groups in total. The van der Waals surface area contributed by atoms with Crippen LogP contribution in [0.15, 0.2) is 47.4 Å². The van der Waals surface area contributed by atoms with Gasteiger partial charge in [0, 0.05) is 30.3 Å². The molecule has 3 rings (SSSR count). The number of carbonyl (C=O) groups is 1. The van der Waals surface area contributed by atoms with Crippen LogP contribution in [0, 0.1) is 5.41 Å². The van der Waals surface area contributed by atoms with Gasteiger partial charge in [-0.1, -0.05) is 20.8 Å². The molecule has 29 heavy (non-hydrogen) atoms. The van der Waals surface area contributed by atoms with E-state index in [0.717, 1.165) is 6.42 Å². The van der Waals surface area contributed by atoms with E-state index in [1.807, 2.05) is 20.8 Å². The van der Waals surface area contributed by atoms with Crippen LogP contribution in [0.1, 0.15) is 33.6 Å². The van der Waals surface area contributed by atoms with Crippen LogP contribution in [-0.4, -0.2) is 27.5 Å². The lowest BCUT2D eigenvalue weighted by Crippen LogP contribution is -2.19. The number of nitrogens with one attached hydrogen (secondary N) is 2. The maximum Gasteiger partial charge on any atom is 0.262 e. The zero-order valence-electron chi connectivity index (χ0n) is 16.8. The average molecular weight is 419 g/mol. The quantitative estimate of drug-likeness (QED) is 0.765. The van der Waals surface area contributed by atoms with Crippen LogP contribution < -0.4 is 19.5 Å². The monoisotopic (exact) mass is 418 g/mol. The third-order valence-electron chi connectivity index (χ3n) is 4.14. The summed E-state index contributed by atoms with van der Waals surface area (Å²) in [6.45, 7) is 6.99. The van der Waals surface area contributed by atoms with Crippen molar-refractivity contribution in [1.29, 1.82) is 0 Å². The first kappa shape index (κ1) is 21.0. The summed E-state index contributed by atoms with van der Waals surface area (Å²) < 4.78 is 39.1. The third-order valence-corrected chi connectivity index (χ3v) is 5.52. The minimum atomic E-state index is -3.79. The third kappa shape index (κ3) is 5.87. The van der Waals surface area contributed by atoms with Crippen molar-refractivity contribution in [2.24, 2.45) is 5.41 Å². The van der Waals surface area contributed by atoms with Crippen molar-refractivity contribution < 1.29 is 22.7 Å². The largest absolute Gasteiger partial charge is 0.490 e. The minimum Gasteiger partial charge on any atom is -0.490 e. The Balaban J connectivity index is 1.69. The highest BCUT2D eigenvalue weighted by molar-refractivity contribution is 7.92. The number of anilines is 2. The summed E-state index contributed by atoms with van der Waals surface area (Å²) >= 11 is 0. The smallest absolute Gasteiger partial charge is 0.262 e. The van der Waals surface area contributed by atoms with Crippen LogP contribution >= 0.6 is 0 Å². The van der Waals surface area contributed by atoms with Gasteiger partial charge in [0.15, 0.2) is 11.5 Å². The van der Waals surface area contributed by atoms with Crippen molar-refractivity contribution in [2.75, 3.05) is 23.3 Å². The first-order valence-electron chi connectivity index (χ1n) is 9.45. The Morgan fingerprint density at radius 2 is 1.59 bits per heavy atom. The van der Waals surface area contributed by atoms with Gasteiger partial charge in [-0.3, -0.25) is 9.52 Å². The Morgan fingerprint density at radius 3 is 2.24 bits per heavy atom. The summed E-state index contributed by atoms with van der Waals surface area (Å²) in [7, 11) is -3.79. The molecule has 0 unspecified atom stereocenters. The maximum absolute atomic E-state index is 12.7. The van der Waals surface area contributed by atoms with Gasteiger partial charge in [0.2, 0.25) is 5.91 Å². The van der Waals surface area contributed by atoms with Crippen LogP contribution in [0.5, 0.6) is 11.5 Å². The van der Waals surface area contributed by atoms with Gasteiger partial charge >= 0.3 is 0 Å². The Bertz CT molecular complexity index is 979. The number of carbonyl (C=O) groups excluding carboxylic acids is 1. The molecule has 2 aromatic rings. The van der Waals surface area contributed by atoms with Gasteiger partial charge in [-0.15, -0.1) is 0 Å². The Kier molecular flexibility index (Phi) is 6.02. The Hall–Kier alpha value is -2.74. The molecular weight excluding hydrogens is 392 g/mol. The Labute approximate surface area is 171 Å². The summed E-state index contributed by atoms with van der Waals surface area (Å²) in [6, 6.07) is 11.1. The van der Waals surface area contributed by atoms with Gasteiger partial charge in [-0.25, -0.2) is 8.42 Å². The zero-order chi connectivity index (χ0) is 21.1. The number of benzene rings is 2. The van der Waals surface area contributed by atoms with E-state index < -0.39 is 10.0 Å². The van der Waals surface area contributed by atoms with E-state index in [-0.39, 0.29) is 16.2 Å². The normalized spacial score (nSPS) is 14.0. The number of fused-ring (bicyclic) bond motifs is 1. The number of sulfonamides is 1. The lowest BCUT2D eigenvalue weighted by Gasteiger charge is -2.17. The van der Waals surface area contributed by atoms with Gasteiger partial charge in [-0.05, 0) is 41.8 Å². The van der Waals surface area contributed by atoms with Crippen LogP contribution in [0.2, 0.25) is 0 Å². The number of rotatable bonds is 5. The van der Waals surface area contributed by atoms with Crippen molar-refractivity contribution in [2.45, 2.75) is 38.5 Å². The summed E-state index contributed by atoms with van der Waals surface area (Å²) in [4.78, 5) is 12.1. The first-order chi connectivity index (χ1) is 13.6. The second-order valence-electron chi connectivity index (χ2n) is 8.13. The fraction of sp³-hybridized carbons (Fsp3) is 0.381. The molecule has 0 fully saturated rings. The molecule has 0 aromatic heterocycles. The SMILES string of the molecule is CC(C)(C)CC(=O)Nc1ccc(NS(=O)(=O)c2ccc3c(c2)OCCCO3)cc1. The lowest BCUT2D eigenvalue weighted by molar-refractivity contribution is -0.117. The van der Waals surface area contributed by atoms with Crippen LogP contribution in [0.3, 0.4) is 0 Å². The summed E-state index contributed by atoms with van der Waals surface area (Å²) in [5, 5.41) is 2.81. The van der Waals surface area contributed by atoms with E-state index >= 15 is 0 Å². The van der Waals surface area contributed by atoms with Crippen molar-refractivity contribution in [3.63, 3.8) is 0 Å². The molecule has 1 aliphatic rings. The van der Waals surface area contributed by atoms with Gasteiger partial charge in [0.25, 0.3) is 10.0 Å². The highest BCUT2D eigenvalue weighted by Gasteiger charge is 2.19.